The number of ether oxygens (including phenoxy) is 3. The average Bonchev–Trinajstić information content (AvgIpc) is 3.20. The van der Waals surface area contributed by atoms with Gasteiger partial charge in [-0.3, -0.25) is 0 Å². The molecule has 260 valence electrons. The Kier molecular flexibility index (Phi) is 7.81. The minimum Gasteiger partial charge on any atom is -0.453 e. The first kappa shape index (κ1) is 32.3. The van der Waals surface area contributed by atoms with Crippen molar-refractivity contribution in [3.63, 3.8) is 0 Å². The van der Waals surface area contributed by atoms with E-state index in [0.29, 0.717) is 0 Å². The lowest BCUT2D eigenvalue weighted by Gasteiger charge is -2.42. The fourth-order valence-electron chi connectivity index (χ4n) is 8.02. The van der Waals surface area contributed by atoms with Crippen LogP contribution in [0.4, 0.5) is 51.2 Å². The molecule has 3 aliphatic rings. The normalized spacial score (nSPS) is 13.0. The van der Waals surface area contributed by atoms with Crippen LogP contribution in [0.1, 0.15) is 30.5 Å². The second kappa shape index (κ2) is 12.8. The van der Waals surface area contributed by atoms with E-state index in [0.717, 1.165) is 102 Å². The monoisotopic (exact) mass is 693 g/mol. The van der Waals surface area contributed by atoms with E-state index in [-0.39, 0.29) is 0 Å². The molecule has 0 N–H and O–H groups in total. The van der Waals surface area contributed by atoms with Gasteiger partial charge in [-0.1, -0.05) is 86.6 Å². The van der Waals surface area contributed by atoms with Gasteiger partial charge in [0.15, 0.2) is 34.5 Å². The van der Waals surface area contributed by atoms with Gasteiger partial charge in [-0.05, 0) is 110 Å². The van der Waals surface area contributed by atoms with Crippen LogP contribution >= 0.6 is 0 Å². The lowest BCUT2D eigenvalue weighted by Crippen LogP contribution is -2.25. The fraction of sp³-hybridized carbons (Fsp3) is 0.106. The molecule has 6 heteroatoms. The number of hydrogen-bond acceptors (Lipinski definition) is 6. The highest BCUT2D eigenvalue weighted by atomic mass is 16.5. The Morgan fingerprint density at radius 3 is 0.642 bits per heavy atom. The standard InChI is InChI=1S/C45H33N3O3.C2H6/c1-28-43(46-31-16-4-10-22-37(31)49-38-23-11-5-17-32(38)46)29(2)45(48-35-20-8-14-26-41(35)51-42-27-15-9-21-36(42)48)30(3)44(28)47-33-18-6-12-24-39(33)50-40-25-13-7-19-34(40)47;1-2/h4-27H,1-3H3;1-2H3. The molecule has 0 amide bonds. The maximum Gasteiger partial charge on any atom is 0.151 e. The Morgan fingerprint density at radius 2 is 0.453 bits per heavy atom. The molecular weight excluding hydrogens is 655 g/mol. The van der Waals surface area contributed by atoms with Crippen molar-refractivity contribution >= 4 is 51.2 Å². The number of fused-ring (bicyclic) bond motifs is 6. The zero-order valence-corrected chi connectivity index (χ0v) is 30.4. The molecule has 0 fully saturated rings. The predicted molar refractivity (Wildman–Crippen MR) is 216 cm³/mol. The van der Waals surface area contributed by atoms with E-state index >= 15 is 0 Å². The Labute approximate surface area is 310 Å². The first-order chi connectivity index (χ1) is 26.1. The van der Waals surface area contributed by atoms with Crippen LogP contribution in [0, 0.1) is 20.8 Å². The molecule has 7 aromatic rings. The van der Waals surface area contributed by atoms with Crippen LogP contribution in [0.15, 0.2) is 146 Å². The van der Waals surface area contributed by atoms with Gasteiger partial charge in [0.05, 0.1) is 51.2 Å². The first-order valence-electron chi connectivity index (χ1n) is 18.2. The molecule has 0 aromatic heterocycles. The summed E-state index contributed by atoms with van der Waals surface area (Å²) in [6, 6.07) is 49.7. The van der Waals surface area contributed by atoms with Crippen LogP contribution in [0.2, 0.25) is 0 Å². The van der Waals surface area contributed by atoms with Crippen molar-refractivity contribution < 1.29 is 14.2 Å². The first-order valence-corrected chi connectivity index (χ1v) is 18.2. The number of para-hydroxylation sites is 12. The third-order valence-electron chi connectivity index (χ3n) is 10.1. The molecule has 0 spiro atoms. The Bertz CT molecular complexity index is 2110. The van der Waals surface area contributed by atoms with Gasteiger partial charge in [-0.15, -0.1) is 0 Å². The predicted octanol–water partition coefficient (Wildman–Crippen LogP) is 14.4. The van der Waals surface area contributed by atoms with E-state index < -0.39 is 0 Å². The molecule has 3 aliphatic heterocycles. The molecular formula is C47H39N3O3. The largest absolute Gasteiger partial charge is 0.453 e. The topological polar surface area (TPSA) is 37.4 Å². The van der Waals surface area contributed by atoms with Gasteiger partial charge in [-0.25, -0.2) is 0 Å². The minimum atomic E-state index is 0.808. The molecule has 0 atom stereocenters. The number of anilines is 9. The summed E-state index contributed by atoms with van der Waals surface area (Å²) >= 11 is 0. The molecule has 0 radical (unpaired) electrons. The van der Waals surface area contributed by atoms with E-state index in [2.05, 4.69) is 108 Å². The molecule has 10 rings (SSSR count). The SMILES string of the molecule is CC.Cc1c(N2c3ccccc3Oc3ccccc32)c(C)c(N2c3ccccc3Oc3ccccc32)c(C)c1N1c2ccccc2Oc2ccccc21. The van der Waals surface area contributed by atoms with E-state index in [1.54, 1.807) is 0 Å². The number of benzene rings is 7. The van der Waals surface area contributed by atoms with E-state index in [1.165, 1.54) is 0 Å². The van der Waals surface area contributed by atoms with Crippen molar-refractivity contribution in [1.29, 1.82) is 0 Å². The van der Waals surface area contributed by atoms with Crippen LogP contribution in [-0.2, 0) is 0 Å². The second-order valence-corrected chi connectivity index (χ2v) is 13.0. The summed E-state index contributed by atoms with van der Waals surface area (Å²) in [5.41, 5.74) is 12.5. The van der Waals surface area contributed by atoms with Crippen molar-refractivity contribution in [2.24, 2.45) is 0 Å². The molecule has 0 unspecified atom stereocenters. The number of hydrogen-bond donors (Lipinski definition) is 0. The highest BCUT2D eigenvalue weighted by molar-refractivity contribution is 6.01. The van der Waals surface area contributed by atoms with E-state index in [4.69, 9.17) is 14.2 Å². The third-order valence-corrected chi connectivity index (χ3v) is 10.1. The summed E-state index contributed by atoms with van der Waals surface area (Å²) < 4.78 is 19.5. The highest BCUT2D eigenvalue weighted by Gasteiger charge is 2.37. The van der Waals surface area contributed by atoms with E-state index in [1.807, 2.05) is 86.6 Å². The van der Waals surface area contributed by atoms with Crippen LogP contribution in [-0.4, -0.2) is 0 Å². The average molecular weight is 694 g/mol. The quantitative estimate of drug-likeness (QED) is 0.183. The zero-order chi connectivity index (χ0) is 36.2. The molecule has 0 saturated heterocycles. The van der Waals surface area contributed by atoms with E-state index in [9.17, 15) is 0 Å². The summed E-state index contributed by atoms with van der Waals surface area (Å²) in [6.45, 7) is 10.7. The van der Waals surface area contributed by atoms with Crippen molar-refractivity contribution in [1.82, 2.24) is 0 Å². The van der Waals surface area contributed by atoms with Gasteiger partial charge in [-0.2, -0.15) is 0 Å². The van der Waals surface area contributed by atoms with Gasteiger partial charge in [0.2, 0.25) is 0 Å². The van der Waals surface area contributed by atoms with Gasteiger partial charge in [0.25, 0.3) is 0 Å². The van der Waals surface area contributed by atoms with Crippen molar-refractivity contribution in [2.45, 2.75) is 34.6 Å². The summed E-state index contributed by atoms with van der Waals surface area (Å²) in [5.74, 6) is 4.85. The van der Waals surface area contributed by atoms with Gasteiger partial charge in [0.1, 0.15) is 0 Å². The number of rotatable bonds is 3. The van der Waals surface area contributed by atoms with Crippen molar-refractivity contribution in [3.05, 3.63) is 162 Å². The molecule has 0 bridgehead atoms. The Balaban J connectivity index is 0.00000183. The van der Waals surface area contributed by atoms with Gasteiger partial charge in [0, 0.05) is 0 Å². The third kappa shape index (κ3) is 4.94. The lowest BCUT2D eigenvalue weighted by molar-refractivity contribution is 0.476. The van der Waals surface area contributed by atoms with Crippen LogP contribution in [0.3, 0.4) is 0 Å². The summed E-state index contributed by atoms with van der Waals surface area (Å²) in [4.78, 5) is 7.13. The molecule has 3 heterocycles. The Hall–Kier alpha value is -6.66. The molecule has 0 saturated carbocycles. The zero-order valence-electron chi connectivity index (χ0n) is 30.4. The highest BCUT2D eigenvalue weighted by Crippen LogP contribution is 2.61. The van der Waals surface area contributed by atoms with Gasteiger partial charge >= 0.3 is 0 Å². The minimum absolute atomic E-state index is 0.808. The van der Waals surface area contributed by atoms with Gasteiger partial charge < -0.3 is 28.9 Å². The van der Waals surface area contributed by atoms with Crippen molar-refractivity contribution in [2.75, 3.05) is 14.7 Å². The Morgan fingerprint density at radius 1 is 0.283 bits per heavy atom. The molecule has 53 heavy (non-hydrogen) atoms. The van der Waals surface area contributed by atoms with Crippen molar-refractivity contribution in [3.8, 4) is 34.5 Å². The molecule has 6 nitrogen and oxygen atoms in total. The van der Waals surface area contributed by atoms with Crippen LogP contribution in [0.25, 0.3) is 0 Å². The molecule has 0 aliphatic carbocycles. The number of nitrogens with zero attached hydrogens (tertiary/aromatic N) is 3. The maximum atomic E-state index is 6.52. The molecule has 7 aromatic carbocycles. The fourth-order valence-corrected chi connectivity index (χ4v) is 8.02. The smallest absolute Gasteiger partial charge is 0.151 e. The summed E-state index contributed by atoms with van der Waals surface area (Å²) in [6.07, 6.45) is 0. The van der Waals surface area contributed by atoms with Crippen LogP contribution < -0.4 is 28.9 Å². The lowest BCUT2D eigenvalue weighted by atomic mass is 9.93. The maximum absolute atomic E-state index is 6.52. The second-order valence-electron chi connectivity index (χ2n) is 13.0. The summed E-state index contributed by atoms with van der Waals surface area (Å²) in [5, 5.41) is 0. The van der Waals surface area contributed by atoms with Crippen LogP contribution in [0.5, 0.6) is 34.5 Å². The summed E-state index contributed by atoms with van der Waals surface area (Å²) in [7, 11) is 0.